The van der Waals surface area contributed by atoms with Gasteiger partial charge in [0, 0.05) is 25.2 Å². The van der Waals surface area contributed by atoms with Crippen LogP contribution in [-0.4, -0.2) is 36.8 Å². The third-order valence-corrected chi connectivity index (χ3v) is 4.48. The summed E-state index contributed by atoms with van der Waals surface area (Å²) in [4.78, 5) is 25.4. The van der Waals surface area contributed by atoms with Gasteiger partial charge in [0.1, 0.15) is 0 Å². The van der Waals surface area contributed by atoms with E-state index in [1.807, 2.05) is 24.3 Å². The Bertz CT molecular complexity index is 521. The Hall–Kier alpha value is -1.53. The maximum Gasteiger partial charge on any atom is 0.250 e. The van der Waals surface area contributed by atoms with Crippen LogP contribution < -0.4 is 10.6 Å². The van der Waals surface area contributed by atoms with E-state index < -0.39 is 4.75 Å². The van der Waals surface area contributed by atoms with E-state index in [1.165, 1.54) is 11.8 Å². The first kappa shape index (κ1) is 14.9. The van der Waals surface area contributed by atoms with E-state index in [0.717, 1.165) is 17.0 Å². The number of amides is 2. The van der Waals surface area contributed by atoms with E-state index in [-0.39, 0.29) is 11.8 Å². The minimum absolute atomic E-state index is 0.273. The summed E-state index contributed by atoms with van der Waals surface area (Å²) >= 11 is 1.28. The number of carbonyl (C=O) groups excluding carboxylic acids is 2. The molecule has 1 aromatic rings. The number of carbonyl (C=O) groups is 2. The lowest BCUT2D eigenvalue weighted by molar-refractivity contribution is -0.129. The number of rotatable bonds is 5. The first-order chi connectivity index (χ1) is 9.58. The summed E-state index contributed by atoms with van der Waals surface area (Å²) in [7, 11) is 1.62. The lowest BCUT2D eigenvalue weighted by Crippen LogP contribution is -2.52. The zero-order valence-electron chi connectivity index (χ0n) is 11.6. The second-order valence-corrected chi connectivity index (χ2v) is 6.15. The Morgan fingerprint density at radius 2 is 2.20 bits per heavy atom. The Balaban J connectivity index is 2.06. The van der Waals surface area contributed by atoms with Crippen molar-refractivity contribution in [2.45, 2.75) is 23.0 Å². The average molecular weight is 294 g/mol. The molecule has 1 aromatic carbocycles. The van der Waals surface area contributed by atoms with Crippen molar-refractivity contribution < 1.29 is 14.3 Å². The molecule has 0 aromatic heterocycles. The highest BCUT2D eigenvalue weighted by molar-refractivity contribution is 8.02. The molecular formula is C14H18N2O3S. The summed E-state index contributed by atoms with van der Waals surface area (Å²) in [5, 5.41) is 5.58. The number of anilines is 1. The van der Waals surface area contributed by atoms with Crippen LogP contribution in [0.1, 0.15) is 13.3 Å². The normalized spacial score (nSPS) is 21.0. The third kappa shape index (κ3) is 2.96. The van der Waals surface area contributed by atoms with Crippen molar-refractivity contribution in [1.29, 1.82) is 0 Å². The molecule has 2 rings (SSSR count). The largest absolute Gasteiger partial charge is 0.385 e. The monoisotopic (exact) mass is 294 g/mol. The van der Waals surface area contributed by atoms with Crippen LogP contribution in [0.3, 0.4) is 0 Å². The molecule has 5 nitrogen and oxygen atoms in total. The predicted octanol–water partition coefficient (Wildman–Crippen LogP) is 1.64. The van der Waals surface area contributed by atoms with Crippen LogP contribution in [-0.2, 0) is 14.3 Å². The fourth-order valence-corrected chi connectivity index (χ4v) is 3.03. The molecule has 0 aliphatic carbocycles. The van der Waals surface area contributed by atoms with E-state index >= 15 is 0 Å². The number of benzene rings is 1. The first-order valence-electron chi connectivity index (χ1n) is 6.44. The second kappa shape index (κ2) is 6.28. The molecule has 1 aliphatic rings. The van der Waals surface area contributed by atoms with E-state index in [9.17, 15) is 9.59 Å². The van der Waals surface area contributed by atoms with Crippen LogP contribution >= 0.6 is 11.8 Å². The molecule has 0 unspecified atom stereocenters. The van der Waals surface area contributed by atoms with Gasteiger partial charge in [0.2, 0.25) is 11.8 Å². The molecule has 2 amide bonds. The highest BCUT2D eigenvalue weighted by Crippen LogP contribution is 2.42. The molecule has 0 bridgehead atoms. The molecule has 2 N–H and O–H groups in total. The molecule has 1 aliphatic heterocycles. The number of fused-ring (bicyclic) bond motifs is 1. The van der Waals surface area contributed by atoms with Crippen LogP contribution in [0.25, 0.3) is 0 Å². The van der Waals surface area contributed by atoms with Gasteiger partial charge in [0.15, 0.2) is 4.75 Å². The number of thioether (sulfide) groups is 1. The molecule has 108 valence electrons. The minimum Gasteiger partial charge on any atom is -0.385 e. The Labute approximate surface area is 122 Å². The number of para-hydroxylation sites is 1. The third-order valence-electron chi connectivity index (χ3n) is 3.13. The van der Waals surface area contributed by atoms with Crippen molar-refractivity contribution in [3.05, 3.63) is 24.3 Å². The Kier molecular flexibility index (Phi) is 4.67. The van der Waals surface area contributed by atoms with Crippen LogP contribution in [0.5, 0.6) is 0 Å². The minimum atomic E-state index is -1.14. The maximum atomic E-state index is 12.3. The van der Waals surface area contributed by atoms with Crippen molar-refractivity contribution in [2.75, 3.05) is 25.6 Å². The van der Waals surface area contributed by atoms with Gasteiger partial charge in [-0.05, 0) is 25.5 Å². The van der Waals surface area contributed by atoms with Crippen LogP contribution in [0, 0.1) is 0 Å². The van der Waals surface area contributed by atoms with E-state index in [1.54, 1.807) is 14.0 Å². The molecule has 0 saturated heterocycles. The molecule has 6 heteroatoms. The van der Waals surface area contributed by atoms with Gasteiger partial charge in [-0.2, -0.15) is 0 Å². The van der Waals surface area contributed by atoms with Gasteiger partial charge >= 0.3 is 0 Å². The Morgan fingerprint density at radius 3 is 2.95 bits per heavy atom. The Morgan fingerprint density at radius 1 is 1.45 bits per heavy atom. The molecule has 0 fully saturated rings. The van der Waals surface area contributed by atoms with Crippen molar-refractivity contribution in [1.82, 2.24) is 5.32 Å². The SMILES string of the molecule is COCCCNC(=O)[C@]1(C)Sc2ccccc2NC1=O. The molecule has 20 heavy (non-hydrogen) atoms. The molecule has 1 atom stereocenters. The van der Waals surface area contributed by atoms with Crippen LogP contribution in [0.4, 0.5) is 5.69 Å². The predicted molar refractivity (Wildman–Crippen MR) is 78.8 cm³/mol. The summed E-state index contributed by atoms with van der Waals surface area (Å²) in [6.45, 7) is 2.73. The fourth-order valence-electron chi connectivity index (χ4n) is 1.90. The van der Waals surface area contributed by atoms with Gasteiger partial charge in [-0.3, -0.25) is 9.59 Å². The number of nitrogens with one attached hydrogen (secondary N) is 2. The number of hydrogen-bond acceptors (Lipinski definition) is 4. The summed E-state index contributed by atoms with van der Waals surface area (Å²) < 4.78 is 3.79. The molecular weight excluding hydrogens is 276 g/mol. The lowest BCUT2D eigenvalue weighted by Gasteiger charge is -2.31. The molecule has 1 heterocycles. The molecule has 0 radical (unpaired) electrons. The van der Waals surface area contributed by atoms with Gasteiger partial charge in [-0.25, -0.2) is 0 Å². The molecule has 0 spiro atoms. The second-order valence-electron chi connectivity index (χ2n) is 4.69. The highest BCUT2D eigenvalue weighted by atomic mass is 32.2. The van der Waals surface area contributed by atoms with Gasteiger partial charge < -0.3 is 15.4 Å². The van der Waals surface area contributed by atoms with Crippen molar-refractivity contribution in [3.63, 3.8) is 0 Å². The van der Waals surface area contributed by atoms with Gasteiger partial charge in [-0.1, -0.05) is 23.9 Å². The van der Waals surface area contributed by atoms with Crippen LogP contribution in [0.15, 0.2) is 29.2 Å². The zero-order valence-corrected chi connectivity index (χ0v) is 12.4. The summed E-state index contributed by atoms with van der Waals surface area (Å²) in [5.74, 6) is -0.559. The first-order valence-corrected chi connectivity index (χ1v) is 7.26. The highest BCUT2D eigenvalue weighted by Gasteiger charge is 2.45. The number of methoxy groups -OCH3 is 1. The van der Waals surface area contributed by atoms with Crippen molar-refractivity contribution in [2.24, 2.45) is 0 Å². The summed E-state index contributed by atoms with van der Waals surface area (Å²) in [6.07, 6.45) is 0.723. The quantitative estimate of drug-likeness (QED) is 0.640. The maximum absolute atomic E-state index is 12.3. The van der Waals surface area contributed by atoms with E-state index in [4.69, 9.17) is 4.74 Å². The van der Waals surface area contributed by atoms with Gasteiger partial charge in [0.25, 0.3) is 0 Å². The average Bonchev–Trinajstić information content (AvgIpc) is 2.44. The zero-order chi connectivity index (χ0) is 14.6. The van der Waals surface area contributed by atoms with Gasteiger partial charge in [-0.15, -0.1) is 0 Å². The van der Waals surface area contributed by atoms with E-state index in [2.05, 4.69) is 10.6 Å². The topological polar surface area (TPSA) is 67.4 Å². The summed E-state index contributed by atoms with van der Waals surface area (Å²) in [6, 6.07) is 7.47. The fraction of sp³-hybridized carbons (Fsp3) is 0.429. The van der Waals surface area contributed by atoms with E-state index in [0.29, 0.717) is 13.2 Å². The number of ether oxygens (including phenoxy) is 1. The smallest absolute Gasteiger partial charge is 0.250 e. The van der Waals surface area contributed by atoms with Crippen molar-refractivity contribution >= 4 is 29.3 Å². The van der Waals surface area contributed by atoms with Crippen molar-refractivity contribution in [3.8, 4) is 0 Å². The summed E-state index contributed by atoms with van der Waals surface area (Å²) in [5.41, 5.74) is 0.757. The van der Waals surface area contributed by atoms with Gasteiger partial charge in [0.05, 0.1) is 5.69 Å². The lowest BCUT2D eigenvalue weighted by atomic mass is 10.1. The number of hydrogen-bond donors (Lipinski definition) is 2. The standard InChI is InChI=1S/C14H18N2O3S/c1-14(12(17)15-8-5-9-19-2)13(18)16-10-6-3-4-7-11(10)20-14/h3-4,6-7H,5,8-9H2,1-2H3,(H,15,17)(H,16,18)/t14-/m0/s1. The molecule has 0 saturated carbocycles. The van der Waals surface area contributed by atoms with Crippen LogP contribution in [0.2, 0.25) is 0 Å².